The molecule has 2 heterocycles. The summed E-state index contributed by atoms with van der Waals surface area (Å²) in [7, 11) is 0. The average Bonchev–Trinajstić information content (AvgIpc) is 3.37. The van der Waals surface area contributed by atoms with Gasteiger partial charge in [0.25, 0.3) is 0 Å². The molecule has 136 valence electrons. The van der Waals surface area contributed by atoms with E-state index in [1.54, 1.807) is 0 Å². The molecule has 1 aliphatic rings. The highest BCUT2D eigenvalue weighted by molar-refractivity contribution is 6.10. The Morgan fingerprint density at radius 2 is 1.75 bits per heavy atom. The lowest BCUT2D eigenvalue weighted by Gasteiger charge is -2.00. The molecule has 28 heavy (non-hydrogen) atoms. The van der Waals surface area contributed by atoms with Crippen LogP contribution >= 0.6 is 0 Å². The summed E-state index contributed by atoms with van der Waals surface area (Å²) < 4.78 is 10.7. The van der Waals surface area contributed by atoms with Crippen LogP contribution < -0.4 is 9.47 Å². The zero-order valence-corrected chi connectivity index (χ0v) is 14.9. The Kier molecular flexibility index (Phi) is 3.91. The molecule has 5 rings (SSSR count). The highest BCUT2D eigenvalue weighted by atomic mass is 16.7. The van der Waals surface area contributed by atoms with Gasteiger partial charge in [-0.3, -0.25) is 4.79 Å². The normalized spacial score (nSPS) is 12.7. The molecule has 5 nitrogen and oxygen atoms in total. The minimum Gasteiger partial charge on any atom is -0.454 e. The van der Waals surface area contributed by atoms with Crippen LogP contribution in [0, 0.1) is 0 Å². The van der Waals surface area contributed by atoms with Crippen LogP contribution in [0.5, 0.6) is 11.5 Å². The molecule has 3 aromatic carbocycles. The predicted molar refractivity (Wildman–Crippen MR) is 107 cm³/mol. The molecule has 0 bridgehead atoms. The molecular weight excluding hydrogens is 352 g/mol. The van der Waals surface area contributed by atoms with Crippen molar-refractivity contribution in [3.63, 3.8) is 0 Å². The second-order valence-corrected chi connectivity index (χ2v) is 6.50. The van der Waals surface area contributed by atoms with E-state index < -0.39 is 0 Å². The molecular formula is C23H16N2O3. The number of carbonyl (C=O) groups is 1. The zero-order chi connectivity index (χ0) is 18.9. The van der Waals surface area contributed by atoms with Crippen LogP contribution in [-0.2, 0) is 0 Å². The smallest absolute Gasteiger partial charge is 0.231 e. The third-order valence-electron chi connectivity index (χ3n) is 4.63. The molecule has 1 N–H and O–H groups in total. The minimum absolute atomic E-state index is 0.00504. The summed E-state index contributed by atoms with van der Waals surface area (Å²) in [5.74, 6) is 2.22. The molecule has 1 aromatic heterocycles. The van der Waals surface area contributed by atoms with Gasteiger partial charge in [0.15, 0.2) is 17.3 Å². The van der Waals surface area contributed by atoms with Crippen molar-refractivity contribution in [2.24, 2.45) is 0 Å². The Bertz CT molecular complexity index is 1210. The first-order chi connectivity index (χ1) is 13.8. The number of H-pyrrole nitrogens is 1. The molecule has 0 aliphatic carbocycles. The topological polar surface area (TPSA) is 64.2 Å². The van der Waals surface area contributed by atoms with Crippen molar-refractivity contribution < 1.29 is 14.3 Å². The van der Waals surface area contributed by atoms with Gasteiger partial charge in [-0.25, -0.2) is 4.98 Å². The van der Waals surface area contributed by atoms with Crippen LogP contribution in [0.1, 0.15) is 27.3 Å². The van der Waals surface area contributed by atoms with Crippen LogP contribution in [0.15, 0.2) is 66.7 Å². The highest BCUT2D eigenvalue weighted by Crippen LogP contribution is 2.33. The molecule has 0 radical (unpaired) electrons. The standard InChI is InChI=1S/C23H16N2O3/c26-23(16-4-2-1-3-5-16)17-8-9-18-19(13-17)25-22(24-18)11-7-15-6-10-20-21(12-15)28-14-27-20/h1-13H,14H2,(H,24,25)/b11-7+. The molecule has 0 saturated heterocycles. The summed E-state index contributed by atoms with van der Waals surface area (Å²) in [6, 6.07) is 20.6. The van der Waals surface area contributed by atoms with Gasteiger partial charge in [0, 0.05) is 11.1 Å². The Morgan fingerprint density at radius 3 is 2.64 bits per heavy atom. The number of aromatic nitrogens is 2. The molecule has 5 heteroatoms. The number of aromatic amines is 1. The van der Waals surface area contributed by atoms with Crippen molar-refractivity contribution in [2.45, 2.75) is 0 Å². The fourth-order valence-electron chi connectivity index (χ4n) is 3.20. The Labute approximate surface area is 161 Å². The van der Waals surface area contributed by atoms with Crippen molar-refractivity contribution in [1.82, 2.24) is 9.97 Å². The number of imidazole rings is 1. The maximum absolute atomic E-state index is 12.6. The Hall–Kier alpha value is -3.86. The van der Waals surface area contributed by atoms with Crippen molar-refractivity contribution in [1.29, 1.82) is 0 Å². The van der Waals surface area contributed by atoms with Gasteiger partial charge in [-0.15, -0.1) is 0 Å². The maximum Gasteiger partial charge on any atom is 0.231 e. The van der Waals surface area contributed by atoms with Gasteiger partial charge in [0.05, 0.1) is 11.0 Å². The summed E-state index contributed by atoms with van der Waals surface area (Å²) in [5, 5.41) is 0. The molecule has 4 aromatic rings. The molecule has 1 aliphatic heterocycles. The third-order valence-corrected chi connectivity index (χ3v) is 4.63. The fourth-order valence-corrected chi connectivity index (χ4v) is 3.20. The first-order valence-corrected chi connectivity index (χ1v) is 8.93. The second kappa shape index (κ2) is 6.70. The van der Waals surface area contributed by atoms with E-state index in [9.17, 15) is 4.79 Å². The number of ether oxygens (including phenoxy) is 2. The number of hydrogen-bond donors (Lipinski definition) is 1. The van der Waals surface area contributed by atoms with Crippen molar-refractivity contribution >= 4 is 29.0 Å². The Morgan fingerprint density at radius 1 is 0.893 bits per heavy atom. The highest BCUT2D eigenvalue weighted by Gasteiger charge is 2.13. The van der Waals surface area contributed by atoms with Crippen LogP contribution in [0.2, 0.25) is 0 Å². The predicted octanol–water partition coefficient (Wildman–Crippen LogP) is 4.69. The van der Waals surface area contributed by atoms with Gasteiger partial charge in [-0.2, -0.15) is 0 Å². The molecule has 0 atom stereocenters. The van der Waals surface area contributed by atoms with Gasteiger partial charge in [-0.05, 0) is 42.0 Å². The van der Waals surface area contributed by atoms with Crippen LogP contribution in [0.25, 0.3) is 23.2 Å². The average molecular weight is 368 g/mol. The van der Waals surface area contributed by atoms with Gasteiger partial charge < -0.3 is 14.5 Å². The third kappa shape index (κ3) is 3.03. The molecule has 0 spiro atoms. The maximum atomic E-state index is 12.6. The van der Waals surface area contributed by atoms with E-state index in [0.29, 0.717) is 11.1 Å². The molecule has 0 saturated carbocycles. The molecule has 0 unspecified atom stereocenters. The first-order valence-electron chi connectivity index (χ1n) is 8.93. The first kappa shape index (κ1) is 16.3. The number of fused-ring (bicyclic) bond motifs is 2. The fraction of sp³-hybridized carbons (Fsp3) is 0.0435. The molecule has 0 fully saturated rings. The number of hydrogen-bond acceptors (Lipinski definition) is 4. The lowest BCUT2D eigenvalue weighted by atomic mass is 10.0. The number of ketones is 1. The van der Waals surface area contributed by atoms with Crippen molar-refractivity contribution in [3.8, 4) is 11.5 Å². The van der Waals surface area contributed by atoms with Crippen molar-refractivity contribution in [2.75, 3.05) is 6.79 Å². The van der Waals surface area contributed by atoms with Crippen molar-refractivity contribution in [3.05, 3.63) is 89.2 Å². The van der Waals surface area contributed by atoms with E-state index in [1.807, 2.05) is 78.9 Å². The monoisotopic (exact) mass is 368 g/mol. The van der Waals surface area contributed by atoms with E-state index in [4.69, 9.17) is 9.47 Å². The van der Waals surface area contributed by atoms with Gasteiger partial charge >= 0.3 is 0 Å². The second-order valence-electron chi connectivity index (χ2n) is 6.50. The number of nitrogens with one attached hydrogen (secondary N) is 1. The lowest BCUT2D eigenvalue weighted by molar-refractivity contribution is 0.103. The van der Waals surface area contributed by atoms with E-state index in [2.05, 4.69) is 9.97 Å². The Balaban J connectivity index is 1.41. The summed E-state index contributed by atoms with van der Waals surface area (Å²) >= 11 is 0. The van der Waals surface area contributed by atoms with Gasteiger partial charge in [-0.1, -0.05) is 42.5 Å². The SMILES string of the molecule is O=C(c1ccccc1)c1ccc2nc(/C=C/c3ccc4c(c3)OCO4)[nH]c2c1. The van der Waals surface area contributed by atoms with E-state index in [-0.39, 0.29) is 12.6 Å². The van der Waals surface area contributed by atoms with Gasteiger partial charge in [0.2, 0.25) is 6.79 Å². The minimum atomic E-state index is -0.00504. The van der Waals surface area contributed by atoms with E-state index in [0.717, 1.165) is 33.9 Å². The summed E-state index contributed by atoms with van der Waals surface area (Å²) in [5.41, 5.74) is 3.93. The van der Waals surface area contributed by atoms with Crippen LogP contribution in [0.3, 0.4) is 0 Å². The number of nitrogens with zero attached hydrogens (tertiary/aromatic N) is 1. The van der Waals surface area contributed by atoms with E-state index >= 15 is 0 Å². The zero-order valence-electron chi connectivity index (χ0n) is 14.9. The summed E-state index contributed by atoms with van der Waals surface area (Å²) in [6.07, 6.45) is 3.85. The molecule has 0 amide bonds. The quantitative estimate of drug-likeness (QED) is 0.531. The van der Waals surface area contributed by atoms with E-state index in [1.165, 1.54) is 0 Å². The largest absolute Gasteiger partial charge is 0.454 e. The summed E-state index contributed by atoms with van der Waals surface area (Å²) in [4.78, 5) is 20.5. The summed E-state index contributed by atoms with van der Waals surface area (Å²) in [6.45, 7) is 0.260. The van der Waals surface area contributed by atoms with Gasteiger partial charge in [0.1, 0.15) is 5.82 Å². The van der Waals surface area contributed by atoms with Crippen LogP contribution in [-0.4, -0.2) is 22.5 Å². The number of carbonyl (C=O) groups excluding carboxylic acids is 1. The number of benzene rings is 3. The lowest BCUT2D eigenvalue weighted by Crippen LogP contribution is -2.00. The van der Waals surface area contributed by atoms with Crippen LogP contribution in [0.4, 0.5) is 0 Å². The number of rotatable bonds is 4.